The minimum Gasteiger partial charge on any atom is -0.367 e. The van der Waals surface area contributed by atoms with E-state index in [9.17, 15) is 13.2 Å². The normalized spacial score (nSPS) is 15.8. The van der Waals surface area contributed by atoms with Crippen LogP contribution in [0.4, 0.5) is 0 Å². The highest BCUT2D eigenvalue weighted by Crippen LogP contribution is 2.16. The molecule has 3 rings (SSSR count). The summed E-state index contributed by atoms with van der Waals surface area (Å²) in [6.07, 6.45) is 2.87. The van der Waals surface area contributed by atoms with E-state index in [2.05, 4.69) is 4.98 Å². The molecule has 2 heterocycles. The number of carbonyl (C=O) groups is 1. The Morgan fingerprint density at radius 3 is 2.42 bits per heavy atom. The van der Waals surface area contributed by atoms with E-state index in [1.807, 2.05) is 30.3 Å². The number of nitrogens with zero attached hydrogens (tertiary/aromatic N) is 3. The second-order valence-corrected chi connectivity index (χ2v) is 7.89. The number of sulfonamides is 1. The molecule has 1 amide bonds. The van der Waals surface area contributed by atoms with Crippen LogP contribution in [-0.2, 0) is 26.2 Å². The van der Waals surface area contributed by atoms with Gasteiger partial charge >= 0.3 is 0 Å². The second-order valence-electron chi connectivity index (χ2n) is 5.95. The van der Waals surface area contributed by atoms with Crippen LogP contribution >= 0.6 is 0 Å². The summed E-state index contributed by atoms with van der Waals surface area (Å²) in [5.74, 6) is -0.126. The van der Waals surface area contributed by atoms with Crippen molar-refractivity contribution in [3.63, 3.8) is 0 Å². The number of piperazine rings is 1. The van der Waals surface area contributed by atoms with Crippen LogP contribution in [0.3, 0.4) is 0 Å². The van der Waals surface area contributed by atoms with Crippen LogP contribution in [0.25, 0.3) is 0 Å². The number of pyridine rings is 1. The fraction of sp³-hybridized carbons (Fsp3) is 0.333. The zero-order valence-electron chi connectivity index (χ0n) is 14.3. The van der Waals surface area contributed by atoms with E-state index in [1.54, 1.807) is 11.0 Å². The minimum atomic E-state index is -3.56. The maximum absolute atomic E-state index is 12.6. The lowest BCUT2D eigenvalue weighted by atomic mass is 10.2. The quantitative estimate of drug-likeness (QED) is 0.756. The van der Waals surface area contributed by atoms with Crippen LogP contribution in [0.5, 0.6) is 0 Å². The first-order valence-electron chi connectivity index (χ1n) is 8.37. The van der Waals surface area contributed by atoms with E-state index in [0.717, 1.165) is 5.56 Å². The number of hydrogen-bond acceptors (Lipinski definition) is 5. The summed E-state index contributed by atoms with van der Waals surface area (Å²) >= 11 is 0. The van der Waals surface area contributed by atoms with Crippen molar-refractivity contribution < 1.29 is 17.9 Å². The standard InChI is InChI=1S/C18H21N3O4S/c22-18(15-25-14-16-5-2-1-3-6-16)20-9-11-21(12-10-20)26(23,24)17-7-4-8-19-13-17/h1-8,13H,9-12,14-15H2. The van der Waals surface area contributed by atoms with Crippen molar-refractivity contribution in [3.05, 3.63) is 60.4 Å². The first-order chi connectivity index (χ1) is 12.6. The van der Waals surface area contributed by atoms with E-state index in [-0.39, 0.29) is 30.5 Å². The molecule has 1 aliphatic rings. The molecule has 26 heavy (non-hydrogen) atoms. The van der Waals surface area contributed by atoms with Gasteiger partial charge in [-0.15, -0.1) is 0 Å². The number of amides is 1. The van der Waals surface area contributed by atoms with Crippen molar-refractivity contribution in [3.8, 4) is 0 Å². The van der Waals surface area contributed by atoms with Gasteiger partial charge in [-0.1, -0.05) is 30.3 Å². The van der Waals surface area contributed by atoms with Crippen molar-refractivity contribution in [1.82, 2.24) is 14.2 Å². The second kappa shape index (κ2) is 8.39. The molecule has 1 aromatic heterocycles. The SMILES string of the molecule is O=C(COCc1ccccc1)N1CCN(S(=O)(=O)c2cccnc2)CC1. The Morgan fingerprint density at radius 1 is 1.04 bits per heavy atom. The van der Waals surface area contributed by atoms with Gasteiger partial charge in [0.15, 0.2) is 0 Å². The van der Waals surface area contributed by atoms with Gasteiger partial charge in [0.25, 0.3) is 0 Å². The van der Waals surface area contributed by atoms with Gasteiger partial charge in [-0.05, 0) is 17.7 Å². The fourth-order valence-electron chi connectivity index (χ4n) is 2.75. The van der Waals surface area contributed by atoms with Crippen molar-refractivity contribution in [2.45, 2.75) is 11.5 Å². The monoisotopic (exact) mass is 375 g/mol. The van der Waals surface area contributed by atoms with Crippen LogP contribution in [0, 0.1) is 0 Å². The Labute approximate surface area is 153 Å². The largest absolute Gasteiger partial charge is 0.367 e. The molecule has 0 bridgehead atoms. The lowest BCUT2D eigenvalue weighted by Gasteiger charge is -2.33. The average Bonchev–Trinajstić information content (AvgIpc) is 2.69. The van der Waals surface area contributed by atoms with E-state index in [0.29, 0.717) is 19.7 Å². The predicted molar refractivity (Wildman–Crippen MR) is 95.7 cm³/mol. The van der Waals surface area contributed by atoms with Crippen molar-refractivity contribution in [2.24, 2.45) is 0 Å². The molecule has 8 heteroatoms. The molecule has 0 atom stereocenters. The molecular formula is C18H21N3O4S. The minimum absolute atomic E-state index is 0.00967. The summed E-state index contributed by atoms with van der Waals surface area (Å²) in [6, 6.07) is 12.8. The first kappa shape index (κ1) is 18.5. The van der Waals surface area contributed by atoms with E-state index < -0.39 is 10.0 Å². The lowest BCUT2D eigenvalue weighted by molar-refractivity contribution is -0.137. The van der Waals surface area contributed by atoms with Crippen LogP contribution in [-0.4, -0.2) is 61.3 Å². The summed E-state index contributed by atoms with van der Waals surface area (Å²) in [5, 5.41) is 0. The number of hydrogen-bond donors (Lipinski definition) is 0. The molecule has 1 aromatic carbocycles. The molecule has 0 radical (unpaired) electrons. The lowest BCUT2D eigenvalue weighted by Crippen LogP contribution is -2.51. The molecule has 1 aliphatic heterocycles. The summed E-state index contributed by atoms with van der Waals surface area (Å²) in [7, 11) is -3.56. The molecule has 0 spiro atoms. The van der Waals surface area contributed by atoms with E-state index in [4.69, 9.17) is 4.74 Å². The molecule has 0 saturated carbocycles. The molecule has 2 aromatic rings. The third-order valence-electron chi connectivity index (χ3n) is 4.20. The summed E-state index contributed by atoms with van der Waals surface area (Å²) in [5.41, 5.74) is 1.01. The number of benzene rings is 1. The zero-order chi connectivity index (χ0) is 18.4. The fourth-order valence-corrected chi connectivity index (χ4v) is 4.14. The molecule has 138 valence electrons. The third kappa shape index (κ3) is 4.46. The molecular weight excluding hydrogens is 354 g/mol. The highest BCUT2D eigenvalue weighted by atomic mass is 32.2. The van der Waals surface area contributed by atoms with Crippen molar-refractivity contribution in [2.75, 3.05) is 32.8 Å². The number of aromatic nitrogens is 1. The van der Waals surface area contributed by atoms with Crippen LogP contribution in [0.2, 0.25) is 0 Å². The smallest absolute Gasteiger partial charge is 0.248 e. The maximum atomic E-state index is 12.6. The predicted octanol–water partition coefficient (Wildman–Crippen LogP) is 1.13. The van der Waals surface area contributed by atoms with Crippen LogP contribution in [0.15, 0.2) is 59.8 Å². The third-order valence-corrected chi connectivity index (χ3v) is 6.08. The molecule has 1 saturated heterocycles. The Hall–Kier alpha value is -2.29. The topological polar surface area (TPSA) is 79.8 Å². The molecule has 0 N–H and O–H groups in total. The Morgan fingerprint density at radius 2 is 1.77 bits per heavy atom. The van der Waals surface area contributed by atoms with E-state index in [1.165, 1.54) is 22.8 Å². The Balaban J connectivity index is 1.48. The van der Waals surface area contributed by atoms with Crippen molar-refractivity contribution in [1.29, 1.82) is 0 Å². The van der Waals surface area contributed by atoms with Crippen LogP contribution < -0.4 is 0 Å². The average molecular weight is 375 g/mol. The summed E-state index contributed by atoms with van der Waals surface area (Å²) in [4.78, 5) is 17.9. The molecule has 0 aliphatic carbocycles. The van der Waals surface area contributed by atoms with Gasteiger partial charge in [0.05, 0.1) is 6.61 Å². The number of carbonyl (C=O) groups excluding carboxylic acids is 1. The highest BCUT2D eigenvalue weighted by Gasteiger charge is 2.30. The summed E-state index contributed by atoms with van der Waals surface area (Å²) < 4.78 is 32.0. The van der Waals surface area contributed by atoms with Gasteiger partial charge in [-0.3, -0.25) is 9.78 Å². The molecule has 7 nitrogen and oxygen atoms in total. The van der Waals surface area contributed by atoms with Gasteiger partial charge in [0.2, 0.25) is 15.9 Å². The van der Waals surface area contributed by atoms with Gasteiger partial charge in [0, 0.05) is 38.6 Å². The number of rotatable bonds is 6. The van der Waals surface area contributed by atoms with Crippen LogP contribution in [0.1, 0.15) is 5.56 Å². The van der Waals surface area contributed by atoms with Gasteiger partial charge < -0.3 is 9.64 Å². The van der Waals surface area contributed by atoms with E-state index >= 15 is 0 Å². The Bertz CT molecular complexity index is 820. The van der Waals surface area contributed by atoms with Gasteiger partial charge in [-0.2, -0.15) is 4.31 Å². The highest BCUT2D eigenvalue weighted by molar-refractivity contribution is 7.89. The zero-order valence-corrected chi connectivity index (χ0v) is 15.1. The maximum Gasteiger partial charge on any atom is 0.248 e. The Kier molecular flexibility index (Phi) is 5.97. The summed E-state index contributed by atoms with van der Waals surface area (Å²) in [6.45, 7) is 1.61. The number of ether oxygens (including phenoxy) is 1. The van der Waals surface area contributed by atoms with Crippen molar-refractivity contribution >= 4 is 15.9 Å². The molecule has 1 fully saturated rings. The van der Waals surface area contributed by atoms with Gasteiger partial charge in [0.1, 0.15) is 11.5 Å². The first-order valence-corrected chi connectivity index (χ1v) is 9.81. The van der Waals surface area contributed by atoms with Gasteiger partial charge in [-0.25, -0.2) is 8.42 Å². The molecule has 0 unspecified atom stereocenters.